The van der Waals surface area contributed by atoms with E-state index in [2.05, 4.69) is 10.3 Å². The Balaban J connectivity index is 2.64. The van der Waals surface area contributed by atoms with E-state index in [1.54, 1.807) is 0 Å². The molecule has 0 radical (unpaired) electrons. The van der Waals surface area contributed by atoms with Gasteiger partial charge in [-0.25, -0.2) is 9.78 Å². The number of thiazole rings is 1. The number of likely N-dealkylation sites (N-methyl/N-ethyl adjacent to an activating group) is 1. The van der Waals surface area contributed by atoms with Crippen molar-refractivity contribution in [3.05, 3.63) is 11.2 Å². The topological polar surface area (TPSA) is 65.5 Å². The molecule has 1 unspecified atom stereocenters. The normalized spacial score (nSPS) is 12.8. The highest BCUT2D eigenvalue weighted by molar-refractivity contribution is 7.14. The van der Waals surface area contributed by atoms with E-state index in [0.717, 1.165) is 6.54 Å². The molecule has 6 heteroatoms. The minimum Gasteiger partial charge on any atom is -0.476 e. The second-order valence-corrected chi connectivity index (χ2v) is 4.50. The van der Waals surface area contributed by atoms with Gasteiger partial charge in [-0.1, -0.05) is 0 Å². The van der Waals surface area contributed by atoms with Crippen molar-refractivity contribution in [2.24, 2.45) is 0 Å². The molecule has 0 aliphatic heterocycles. The van der Waals surface area contributed by atoms with Crippen molar-refractivity contribution in [1.29, 1.82) is 0 Å². The molecule has 0 spiro atoms. The molecule has 0 aliphatic carbocycles. The highest BCUT2D eigenvalue weighted by atomic mass is 32.1. The Bertz CT molecular complexity index is 338. The Labute approximate surface area is 92.7 Å². The van der Waals surface area contributed by atoms with Crippen LogP contribution in [-0.4, -0.2) is 47.6 Å². The molecular formula is C9H15N3O2S. The van der Waals surface area contributed by atoms with Gasteiger partial charge in [0.15, 0.2) is 5.69 Å². The molecule has 1 atom stereocenters. The first kappa shape index (κ1) is 11.9. The third kappa shape index (κ3) is 3.49. The predicted octanol–water partition coefficient (Wildman–Crippen LogP) is 1.20. The third-order valence-electron chi connectivity index (χ3n) is 1.79. The van der Waals surface area contributed by atoms with Crippen molar-refractivity contribution in [3.63, 3.8) is 0 Å². The van der Waals surface area contributed by atoms with Gasteiger partial charge < -0.3 is 15.3 Å². The zero-order valence-electron chi connectivity index (χ0n) is 9.02. The number of nitrogens with zero attached hydrogens (tertiary/aromatic N) is 2. The maximum atomic E-state index is 10.8. The van der Waals surface area contributed by atoms with Crippen LogP contribution in [0.5, 0.6) is 0 Å². The van der Waals surface area contributed by atoms with Crippen LogP contribution >= 0.6 is 11.3 Å². The standard InChI is InChI=1S/C9H15N3O2S/c1-6(4-12(2)3)11-8-7(9(13)14)10-5-15-8/h5-6,11H,4H2,1-3H3,(H,13,14). The van der Waals surface area contributed by atoms with Crippen LogP contribution in [0.3, 0.4) is 0 Å². The van der Waals surface area contributed by atoms with Crippen molar-refractivity contribution >= 4 is 22.3 Å². The van der Waals surface area contributed by atoms with E-state index in [0.29, 0.717) is 5.00 Å². The Kier molecular flexibility index (Phi) is 4.05. The summed E-state index contributed by atoms with van der Waals surface area (Å²) in [5, 5.41) is 12.6. The maximum Gasteiger partial charge on any atom is 0.357 e. The quantitative estimate of drug-likeness (QED) is 0.794. The maximum absolute atomic E-state index is 10.8. The van der Waals surface area contributed by atoms with Crippen LogP contribution in [0.2, 0.25) is 0 Å². The van der Waals surface area contributed by atoms with Crippen molar-refractivity contribution < 1.29 is 9.90 Å². The molecule has 1 rings (SSSR count). The number of anilines is 1. The molecule has 0 aliphatic rings. The van der Waals surface area contributed by atoms with E-state index < -0.39 is 5.97 Å². The summed E-state index contributed by atoms with van der Waals surface area (Å²) in [5.74, 6) is -0.990. The second kappa shape index (κ2) is 5.09. The molecule has 1 aromatic rings. The number of aromatic nitrogens is 1. The van der Waals surface area contributed by atoms with Gasteiger partial charge in [-0.2, -0.15) is 0 Å². The second-order valence-electron chi connectivity index (χ2n) is 3.64. The molecule has 1 aromatic heterocycles. The van der Waals surface area contributed by atoms with Gasteiger partial charge in [0.25, 0.3) is 0 Å². The van der Waals surface area contributed by atoms with E-state index >= 15 is 0 Å². The van der Waals surface area contributed by atoms with Crippen LogP contribution in [0.15, 0.2) is 5.51 Å². The Morgan fingerprint density at radius 1 is 1.73 bits per heavy atom. The van der Waals surface area contributed by atoms with Gasteiger partial charge >= 0.3 is 5.97 Å². The van der Waals surface area contributed by atoms with E-state index in [-0.39, 0.29) is 11.7 Å². The number of hydrogen-bond donors (Lipinski definition) is 2. The first-order chi connectivity index (χ1) is 7.00. The number of nitrogens with one attached hydrogen (secondary N) is 1. The Morgan fingerprint density at radius 3 is 2.93 bits per heavy atom. The molecule has 0 bridgehead atoms. The molecule has 5 nitrogen and oxygen atoms in total. The summed E-state index contributed by atoms with van der Waals surface area (Å²) in [4.78, 5) is 16.6. The lowest BCUT2D eigenvalue weighted by atomic mass is 10.3. The molecule has 15 heavy (non-hydrogen) atoms. The molecule has 0 amide bonds. The molecular weight excluding hydrogens is 214 g/mol. The average molecular weight is 229 g/mol. The van der Waals surface area contributed by atoms with Gasteiger partial charge in [0, 0.05) is 12.6 Å². The number of carboxylic acids is 1. The fourth-order valence-electron chi connectivity index (χ4n) is 1.32. The Morgan fingerprint density at radius 2 is 2.40 bits per heavy atom. The SMILES string of the molecule is CC(CN(C)C)Nc1scnc1C(=O)O. The third-order valence-corrected chi connectivity index (χ3v) is 2.54. The molecule has 0 aromatic carbocycles. The smallest absolute Gasteiger partial charge is 0.357 e. The van der Waals surface area contributed by atoms with Gasteiger partial charge in [-0.05, 0) is 21.0 Å². The monoisotopic (exact) mass is 229 g/mol. The summed E-state index contributed by atoms with van der Waals surface area (Å²) in [6.45, 7) is 2.85. The highest BCUT2D eigenvalue weighted by Crippen LogP contribution is 2.20. The fraction of sp³-hybridized carbons (Fsp3) is 0.556. The minimum absolute atomic E-state index is 0.102. The average Bonchev–Trinajstić information content (AvgIpc) is 2.50. The lowest BCUT2D eigenvalue weighted by molar-refractivity contribution is 0.0692. The van der Waals surface area contributed by atoms with Crippen LogP contribution in [0.4, 0.5) is 5.00 Å². The van der Waals surface area contributed by atoms with E-state index in [1.807, 2.05) is 25.9 Å². The highest BCUT2D eigenvalue weighted by Gasteiger charge is 2.15. The zero-order valence-corrected chi connectivity index (χ0v) is 9.84. The predicted molar refractivity (Wildman–Crippen MR) is 60.7 cm³/mol. The molecule has 0 saturated heterocycles. The number of hydrogen-bond acceptors (Lipinski definition) is 5. The van der Waals surface area contributed by atoms with E-state index in [4.69, 9.17) is 5.11 Å². The first-order valence-electron chi connectivity index (χ1n) is 4.58. The number of carboxylic acid groups (broad SMARTS) is 1. The summed E-state index contributed by atoms with van der Waals surface area (Å²) < 4.78 is 0. The number of rotatable bonds is 5. The van der Waals surface area contributed by atoms with Crippen LogP contribution in [0.25, 0.3) is 0 Å². The lowest BCUT2D eigenvalue weighted by Gasteiger charge is -2.18. The van der Waals surface area contributed by atoms with Gasteiger partial charge in [-0.3, -0.25) is 0 Å². The van der Waals surface area contributed by atoms with E-state index in [1.165, 1.54) is 16.8 Å². The minimum atomic E-state index is -0.990. The van der Waals surface area contributed by atoms with Gasteiger partial charge in [0.1, 0.15) is 5.00 Å². The van der Waals surface area contributed by atoms with Crippen molar-refractivity contribution in [2.75, 3.05) is 26.0 Å². The Hall–Kier alpha value is -1.14. The summed E-state index contributed by atoms with van der Waals surface area (Å²) >= 11 is 1.31. The van der Waals surface area contributed by atoms with Crippen LogP contribution in [-0.2, 0) is 0 Å². The summed E-state index contributed by atoms with van der Waals surface area (Å²) in [6.07, 6.45) is 0. The van der Waals surface area contributed by atoms with Gasteiger partial charge in [0.05, 0.1) is 5.51 Å². The summed E-state index contributed by atoms with van der Waals surface area (Å²) in [7, 11) is 3.95. The summed E-state index contributed by atoms with van der Waals surface area (Å²) in [6, 6.07) is 0.193. The lowest BCUT2D eigenvalue weighted by Crippen LogP contribution is -2.29. The van der Waals surface area contributed by atoms with Gasteiger partial charge in [0.2, 0.25) is 0 Å². The number of carbonyl (C=O) groups is 1. The van der Waals surface area contributed by atoms with Crippen LogP contribution in [0, 0.1) is 0 Å². The molecule has 0 fully saturated rings. The largest absolute Gasteiger partial charge is 0.476 e. The van der Waals surface area contributed by atoms with Crippen molar-refractivity contribution in [2.45, 2.75) is 13.0 Å². The summed E-state index contributed by atoms with van der Waals surface area (Å²) in [5.41, 5.74) is 1.64. The van der Waals surface area contributed by atoms with E-state index in [9.17, 15) is 4.79 Å². The molecule has 84 valence electrons. The fourth-order valence-corrected chi connectivity index (χ4v) is 2.10. The van der Waals surface area contributed by atoms with Crippen molar-refractivity contribution in [3.8, 4) is 0 Å². The molecule has 0 saturated carbocycles. The van der Waals surface area contributed by atoms with Crippen LogP contribution < -0.4 is 5.32 Å². The molecule has 2 N–H and O–H groups in total. The zero-order chi connectivity index (χ0) is 11.4. The van der Waals surface area contributed by atoms with Gasteiger partial charge in [-0.15, -0.1) is 11.3 Å². The first-order valence-corrected chi connectivity index (χ1v) is 5.46. The molecule has 1 heterocycles. The number of aromatic carboxylic acids is 1. The van der Waals surface area contributed by atoms with Crippen LogP contribution in [0.1, 0.15) is 17.4 Å². The van der Waals surface area contributed by atoms with Crippen molar-refractivity contribution in [1.82, 2.24) is 9.88 Å².